The van der Waals surface area contributed by atoms with Gasteiger partial charge in [-0.3, -0.25) is 14.9 Å². The van der Waals surface area contributed by atoms with Crippen LogP contribution in [0.2, 0.25) is 0 Å². The second kappa shape index (κ2) is 7.93. The molecular weight excluding hydrogens is 350 g/mol. The van der Waals surface area contributed by atoms with E-state index < -0.39 is 10.3 Å². The zero-order valence-electron chi connectivity index (χ0n) is 14.6. The number of nitrogens with zero attached hydrogens (tertiary/aromatic N) is 3. The fourth-order valence-corrected chi connectivity index (χ4v) is 2.94. The summed E-state index contributed by atoms with van der Waals surface area (Å²) in [4.78, 5) is 27.9. The number of hydrogen-bond acceptors (Lipinski definition) is 6. The monoisotopic (exact) mass is 367 g/mol. The maximum atomic E-state index is 12.4. The van der Waals surface area contributed by atoms with E-state index in [1.165, 1.54) is 30.0 Å². The molecule has 6 nitrogen and oxygen atoms in total. The van der Waals surface area contributed by atoms with E-state index in [1.54, 1.807) is 39.1 Å². The van der Waals surface area contributed by atoms with Crippen LogP contribution >= 0.6 is 11.8 Å². The number of hydrogen-bond donors (Lipinski definition) is 0. The Morgan fingerprint density at radius 1 is 1.31 bits per heavy atom. The van der Waals surface area contributed by atoms with Crippen molar-refractivity contribution in [3.63, 3.8) is 0 Å². The number of carbonyl (C=O) groups is 1. The Balaban J connectivity index is 2.54. The lowest BCUT2D eigenvalue weighted by Gasteiger charge is -2.15. The zero-order valence-corrected chi connectivity index (χ0v) is 15.4. The average molecular weight is 367 g/mol. The lowest BCUT2D eigenvalue weighted by Crippen LogP contribution is -2.21. The molecule has 1 heterocycles. The highest BCUT2D eigenvalue weighted by atomic mass is 32.2. The van der Waals surface area contributed by atoms with E-state index in [0.717, 1.165) is 0 Å². The average Bonchev–Trinajstić information content (AvgIpc) is 2.60. The Labute approximate surface area is 155 Å². The Morgan fingerprint density at radius 2 is 2.04 bits per heavy atom. The molecule has 1 aromatic carbocycles. The van der Waals surface area contributed by atoms with Crippen LogP contribution in [0, 0.1) is 26.9 Å². The molecule has 0 amide bonds. The number of non-ortho nitro benzene ring substituents is 1. The summed E-state index contributed by atoms with van der Waals surface area (Å²) in [6.07, 6.45) is 3.05. The summed E-state index contributed by atoms with van der Waals surface area (Å²) in [5.41, 5.74) is -0.441. The van der Waals surface area contributed by atoms with E-state index in [1.807, 2.05) is 18.2 Å². The molecule has 0 aliphatic heterocycles. The Bertz CT molecular complexity index is 910. The topological polar surface area (TPSA) is 96.9 Å². The van der Waals surface area contributed by atoms with Gasteiger partial charge in [-0.15, -0.1) is 0 Å². The summed E-state index contributed by atoms with van der Waals surface area (Å²) in [6.45, 7) is 5.16. The first-order valence-corrected chi connectivity index (χ1v) is 8.58. The Morgan fingerprint density at radius 3 is 2.58 bits per heavy atom. The summed E-state index contributed by atoms with van der Waals surface area (Å²) in [7, 11) is 0. The molecule has 0 unspecified atom stereocenters. The molecule has 0 N–H and O–H groups in total. The Kier molecular flexibility index (Phi) is 5.90. The zero-order chi connectivity index (χ0) is 19.3. The molecule has 2 rings (SSSR count). The molecule has 7 heteroatoms. The third-order valence-corrected chi connectivity index (χ3v) is 4.44. The van der Waals surface area contributed by atoms with Gasteiger partial charge in [-0.25, -0.2) is 4.98 Å². The van der Waals surface area contributed by atoms with Gasteiger partial charge in [0.2, 0.25) is 0 Å². The van der Waals surface area contributed by atoms with E-state index in [9.17, 15) is 20.2 Å². The molecule has 0 saturated carbocycles. The number of aromatic nitrogens is 1. The minimum absolute atomic E-state index is 0.0409. The van der Waals surface area contributed by atoms with Crippen LogP contribution in [-0.4, -0.2) is 15.7 Å². The number of nitro groups is 1. The minimum Gasteiger partial charge on any atom is -0.293 e. The molecule has 26 heavy (non-hydrogen) atoms. The SMILES string of the molecule is CC(C)(C)C(=O)/C(C#N)=C\c1cc([N+](=O)[O-])ccc1Sc1ccccn1. The van der Waals surface area contributed by atoms with Crippen LogP contribution in [0.4, 0.5) is 5.69 Å². The number of nitriles is 1. The molecule has 0 aliphatic carbocycles. The predicted octanol–water partition coefficient (Wildman–Crippen LogP) is 4.66. The molecule has 0 aliphatic rings. The second-order valence-electron chi connectivity index (χ2n) is 6.50. The summed E-state index contributed by atoms with van der Waals surface area (Å²) in [5, 5.41) is 21.2. The van der Waals surface area contributed by atoms with Gasteiger partial charge in [0.05, 0.1) is 10.5 Å². The number of carbonyl (C=O) groups excluding carboxylic acids is 1. The van der Waals surface area contributed by atoms with Crippen LogP contribution in [0.25, 0.3) is 6.08 Å². The summed E-state index contributed by atoms with van der Waals surface area (Å²) in [5.74, 6) is -0.319. The normalized spacial score (nSPS) is 11.7. The van der Waals surface area contributed by atoms with E-state index >= 15 is 0 Å². The molecule has 0 fully saturated rings. The van der Waals surface area contributed by atoms with Crippen LogP contribution < -0.4 is 0 Å². The smallest absolute Gasteiger partial charge is 0.270 e. The van der Waals surface area contributed by atoms with Gasteiger partial charge in [0.25, 0.3) is 5.69 Å². The van der Waals surface area contributed by atoms with Crippen molar-refractivity contribution in [2.75, 3.05) is 0 Å². The van der Waals surface area contributed by atoms with Gasteiger partial charge in [0, 0.05) is 28.6 Å². The number of nitro benzene ring substituents is 1. The van der Waals surface area contributed by atoms with E-state index in [0.29, 0.717) is 15.5 Å². The van der Waals surface area contributed by atoms with E-state index in [4.69, 9.17) is 0 Å². The van der Waals surface area contributed by atoms with Crippen LogP contribution in [-0.2, 0) is 4.79 Å². The standard InChI is InChI=1S/C19H17N3O3S/c1-19(2,3)18(23)14(12-20)10-13-11-15(22(24)25)7-8-16(13)26-17-6-4-5-9-21-17/h4-11H,1-3H3/b14-10-. The number of benzene rings is 1. The van der Waals surface area contributed by atoms with Crippen molar-refractivity contribution in [2.24, 2.45) is 5.41 Å². The highest BCUT2D eigenvalue weighted by molar-refractivity contribution is 7.99. The first kappa shape index (κ1) is 19.3. The highest BCUT2D eigenvalue weighted by Crippen LogP contribution is 2.33. The van der Waals surface area contributed by atoms with E-state index in [-0.39, 0.29) is 17.0 Å². The number of Topliss-reactive ketones (excluding diaryl/α,β-unsaturated/α-hetero) is 1. The van der Waals surface area contributed by atoms with Gasteiger partial charge in [-0.2, -0.15) is 5.26 Å². The largest absolute Gasteiger partial charge is 0.293 e. The number of ketones is 1. The summed E-state index contributed by atoms with van der Waals surface area (Å²) in [6, 6.07) is 11.7. The van der Waals surface area contributed by atoms with Gasteiger partial charge in [0.1, 0.15) is 11.1 Å². The maximum Gasteiger partial charge on any atom is 0.270 e. The van der Waals surface area contributed by atoms with Crippen molar-refractivity contribution in [3.05, 3.63) is 63.8 Å². The van der Waals surface area contributed by atoms with E-state index in [2.05, 4.69) is 4.98 Å². The summed E-state index contributed by atoms with van der Waals surface area (Å²) < 4.78 is 0. The fraction of sp³-hybridized carbons (Fsp3) is 0.211. The molecule has 0 bridgehead atoms. The van der Waals surface area contributed by atoms with Gasteiger partial charge < -0.3 is 0 Å². The van der Waals surface area contributed by atoms with Crippen molar-refractivity contribution in [3.8, 4) is 6.07 Å². The number of allylic oxidation sites excluding steroid dienone is 1. The molecule has 1 aromatic heterocycles. The second-order valence-corrected chi connectivity index (χ2v) is 7.56. The molecule has 2 aromatic rings. The van der Waals surface area contributed by atoms with Crippen LogP contribution in [0.5, 0.6) is 0 Å². The minimum atomic E-state index is -0.726. The van der Waals surface area contributed by atoms with Gasteiger partial charge in [-0.05, 0) is 29.8 Å². The lowest BCUT2D eigenvalue weighted by molar-refractivity contribution is -0.384. The lowest BCUT2D eigenvalue weighted by atomic mass is 9.86. The van der Waals surface area contributed by atoms with Gasteiger partial charge in [0.15, 0.2) is 5.78 Å². The Hall–Kier alpha value is -2.98. The first-order valence-electron chi connectivity index (χ1n) is 7.76. The van der Waals surface area contributed by atoms with Crippen LogP contribution in [0.15, 0.2) is 58.1 Å². The van der Waals surface area contributed by atoms with Gasteiger partial charge >= 0.3 is 0 Å². The third kappa shape index (κ3) is 4.77. The number of rotatable bonds is 5. The number of pyridine rings is 1. The molecule has 132 valence electrons. The van der Waals surface area contributed by atoms with Crippen LogP contribution in [0.1, 0.15) is 26.3 Å². The molecule has 0 saturated heterocycles. The molecular formula is C19H17N3O3S. The maximum absolute atomic E-state index is 12.4. The van der Waals surface area contributed by atoms with Crippen molar-refractivity contribution in [1.82, 2.24) is 4.98 Å². The highest BCUT2D eigenvalue weighted by Gasteiger charge is 2.25. The fourth-order valence-electron chi connectivity index (χ4n) is 2.08. The molecule has 0 atom stereocenters. The van der Waals surface area contributed by atoms with Crippen molar-refractivity contribution < 1.29 is 9.72 Å². The van der Waals surface area contributed by atoms with Crippen molar-refractivity contribution >= 4 is 29.3 Å². The molecule has 0 spiro atoms. The molecule has 0 radical (unpaired) electrons. The quantitative estimate of drug-likeness (QED) is 0.330. The summed E-state index contributed by atoms with van der Waals surface area (Å²) >= 11 is 1.31. The van der Waals surface area contributed by atoms with Gasteiger partial charge in [-0.1, -0.05) is 38.6 Å². The van der Waals surface area contributed by atoms with Crippen molar-refractivity contribution in [1.29, 1.82) is 5.26 Å². The predicted molar refractivity (Wildman–Crippen MR) is 99.5 cm³/mol. The van der Waals surface area contributed by atoms with Crippen LogP contribution in [0.3, 0.4) is 0 Å². The van der Waals surface area contributed by atoms with Crippen molar-refractivity contribution in [2.45, 2.75) is 30.7 Å². The first-order chi connectivity index (χ1) is 12.2. The third-order valence-electron chi connectivity index (χ3n) is 3.40.